The van der Waals surface area contributed by atoms with Crippen LogP contribution in [0.15, 0.2) is 6.07 Å². The number of aromatic amines is 1. The Kier molecular flexibility index (Phi) is 7.18. The molecule has 0 atom stereocenters. The first-order valence-corrected chi connectivity index (χ1v) is 7.67. The quantitative estimate of drug-likeness (QED) is 0.877. The molecule has 0 bridgehead atoms. The van der Waals surface area contributed by atoms with E-state index in [0.29, 0.717) is 17.5 Å². The molecule has 2 N–H and O–H groups in total. The molecule has 2 heterocycles. The summed E-state index contributed by atoms with van der Waals surface area (Å²) in [5.74, 6) is 1.13. The van der Waals surface area contributed by atoms with Gasteiger partial charge in [0.15, 0.2) is 0 Å². The molecule has 0 aliphatic carbocycles. The third-order valence-corrected chi connectivity index (χ3v) is 4.02. The van der Waals surface area contributed by atoms with E-state index in [-0.39, 0.29) is 18.3 Å². The fourth-order valence-corrected chi connectivity index (χ4v) is 2.59. The standard InChI is InChI=1S/C15H26N4O.ClH/c1-4-16-10-12-5-7-19(8-6-12)15(20)14-9-13(11(2)3)17-18-14;/h9,11-12,16H,4-8,10H2,1-3H3,(H,17,18);1H. The van der Waals surface area contributed by atoms with Crippen molar-refractivity contribution in [3.8, 4) is 0 Å². The normalized spacial score (nSPS) is 16.1. The van der Waals surface area contributed by atoms with Crippen LogP contribution in [0.4, 0.5) is 0 Å². The summed E-state index contributed by atoms with van der Waals surface area (Å²) in [5, 5.41) is 10.5. The fourth-order valence-electron chi connectivity index (χ4n) is 2.59. The molecule has 1 aliphatic rings. The minimum Gasteiger partial charge on any atom is -0.337 e. The second-order valence-corrected chi connectivity index (χ2v) is 5.91. The third-order valence-electron chi connectivity index (χ3n) is 4.02. The Morgan fingerprint density at radius 1 is 1.48 bits per heavy atom. The number of nitrogens with zero attached hydrogens (tertiary/aromatic N) is 2. The number of hydrogen-bond acceptors (Lipinski definition) is 3. The van der Waals surface area contributed by atoms with Gasteiger partial charge in [0.1, 0.15) is 5.69 Å². The average Bonchev–Trinajstić information content (AvgIpc) is 2.95. The number of amides is 1. The average molecular weight is 315 g/mol. The van der Waals surface area contributed by atoms with Gasteiger partial charge in [0.05, 0.1) is 0 Å². The summed E-state index contributed by atoms with van der Waals surface area (Å²) in [5.41, 5.74) is 1.58. The van der Waals surface area contributed by atoms with Crippen molar-refractivity contribution in [2.24, 2.45) is 5.92 Å². The van der Waals surface area contributed by atoms with Gasteiger partial charge in [0, 0.05) is 18.8 Å². The van der Waals surface area contributed by atoms with E-state index < -0.39 is 0 Å². The van der Waals surface area contributed by atoms with Crippen LogP contribution in [-0.4, -0.2) is 47.2 Å². The molecular weight excluding hydrogens is 288 g/mol. The number of hydrogen-bond donors (Lipinski definition) is 2. The minimum absolute atomic E-state index is 0. The third kappa shape index (κ3) is 4.71. The molecule has 0 unspecified atom stereocenters. The molecule has 5 nitrogen and oxygen atoms in total. The second kappa shape index (κ2) is 8.39. The predicted molar refractivity (Wildman–Crippen MR) is 87.1 cm³/mol. The molecule has 1 fully saturated rings. The van der Waals surface area contributed by atoms with Crippen LogP contribution in [0.3, 0.4) is 0 Å². The summed E-state index contributed by atoms with van der Waals surface area (Å²) >= 11 is 0. The monoisotopic (exact) mass is 314 g/mol. The number of carbonyl (C=O) groups excluding carboxylic acids is 1. The van der Waals surface area contributed by atoms with Crippen molar-refractivity contribution in [1.82, 2.24) is 20.4 Å². The van der Waals surface area contributed by atoms with Gasteiger partial charge in [-0.1, -0.05) is 20.8 Å². The molecule has 0 spiro atoms. The zero-order chi connectivity index (χ0) is 14.5. The van der Waals surface area contributed by atoms with Crippen LogP contribution in [0.1, 0.15) is 55.7 Å². The molecule has 1 amide bonds. The zero-order valence-electron chi connectivity index (χ0n) is 13.2. The zero-order valence-corrected chi connectivity index (χ0v) is 14.0. The summed E-state index contributed by atoms with van der Waals surface area (Å²) in [7, 11) is 0. The largest absolute Gasteiger partial charge is 0.337 e. The maximum atomic E-state index is 12.4. The van der Waals surface area contributed by atoms with Crippen LogP contribution in [0, 0.1) is 5.92 Å². The number of piperidine rings is 1. The first kappa shape index (κ1) is 18.0. The summed E-state index contributed by atoms with van der Waals surface area (Å²) in [4.78, 5) is 14.3. The summed E-state index contributed by atoms with van der Waals surface area (Å²) < 4.78 is 0. The number of carbonyl (C=O) groups is 1. The lowest BCUT2D eigenvalue weighted by atomic mass is 9.96. The van der Waals surface area contributed by atoms with Gasteiger partial charge < -0.3 is 10.2 Å². The van der Waals surface area contributed by atoms with Crippen molar-refractivity contribution in [1.29, 1.82) is 0 Å². The highest BCUT2D eigenvalue weighted by Gasteiger charge is 2.25. The highest BCUT2D eigenvalue weighted by molar-refractivity contribution is 5.92. The van der Waals surface area contributed by atoms with Gasteiger partial charge in [0.25, 0.3) is 5.91 Å². The van der Waals surface area contributed by atoms with Crippen molar-refractivity contribution in [2.75, 3.05) is 26.2 Å². The molecule has 120 valence electrons. The van der Waals surface area contributed by atoms with Gasteiger partial charge >= 0.3 is 0 Å². The number of rotatable bonds is 5. The molecule has 1 saturated heterocycles. The van der Waals surface area contributed by atoms with E-state index in [1.165, 1.54) is 0 Å². The van der Waals surface area contributed by atoms with Crippen LogP contribution >= 0.6 is 12.4 Å². The van der Waals surface area contributed by atoms with Gasteiger partial charge in [-0.15, -0.1) is 12.4 Å². The van der Waals surface area contributed by atoms with Gasteiger partial charge in [-0.25, -0.2) is 0 Å². The van der Waals surface area contributed by atoms with E-state index in [0.717, 1.165) is 44.7 Å². The summed E-state index contributed by atoms with van der Waals surface area (Å²) in [6.45, 7) is 10.1. The van der Waals surface area contributed by atoms with Crippen LogP contribution < -0.4 is 5.32 Å². The van der Waals surface area contributed by atoms with Crippen LogP contribution in [0.5, 0.6) is 0 Å². The number of H-pyrrole nitrogens is 1. The van der Waals surface area contributed by atoms with Crippen molar-refractivity contribution >= 4 is 18.3 Å². The SMILES string of the molecule is CCNCC1CCN(C(=O)c2cc(C(C)C)[nH]n2)CC1.Cl. The van der Waals surface area contributed by atoms with Gasteiger partial charge in [-0.2, -0.15) is 5.10 Å². The summed E-state index contributed by atoms with van der Waals surface area (Å²) in [6.07, 6.45) is 2.17. The lowest BCUT2D eigenvalue weighted by Crippen LogP contribution is -2.40. The number of halogens is 1. The highest BCUT2D eigenvalue weighted by Crippen LogP contribution is 2.19. The molecule has 2 rings (SSSR count). The maximum Gasteiger partial charge on any atom is 0.274 e. The van der Waals surface area contributed by atoms with Crippen molar-refractivity contribution < 1.29 is 4.79 Å². The Bertz CT molecular complexity index is 439. The molecule has 1 aliphatic heterocycles. The maximum absolute atomic E-state index is 12.4. The van der Waals surface area contributed by atoms with Crippen molar-refractivity contribution in [2.45, 2.75) is 39.5 Å². The fraction of sp³-hybridized carbons (Fsp3) is 0.733. The summed E-state index contributed by atoms with van der Waals surface area (Å²) in [6, 6.07) is 1.89. The van der Waals surface area contributed by atoms with Crippen LogP contribution in [0.25, 0.3) is 0 Å². The van der Waals surface area contributed by atoms with Crippen molar-refractivity contribution in [3.05, 3.63) is 17.5 Å². The Labute approximate surface area is 133 Å². The first-order chi connectivity index (χ1) is 9.61. The molecular formula is C15H27ClN4O. The van der Waals surface area contributed by atoms with E-state index in [1.54, 1.807) is 0 Å². The van der Waals surface area contributed by atoms with Gasteiger partial charge in [0.2, 0.25) is 0 Å². The van der Waals surface area contributed by atoms with E-state index >= 15 is 0 Å². The Hall–Kier alpha value is -1.07. The van der Waals surface area contributed by atoms with E-state index in [1.807, 2.05) is 11.0 Å². The van der Waals surface area contributed by atoms with E-state index in [9.17, 15) is 4.79 Å². The van der Waals surface area contributed by atoms with Gasteiger partial charge in [-0.05, 0) is 43.8 Å². The lowest BCUT2D eigenvalue weighted by molar-refractivity contribution is 0.0684. The van der Waals surface area contributed by atoms with Crippen LogP contribution in [0.2, 0.25) is 0 Å². The first-order valence-electron chi connectivity index (χ1n) is 7.67. The number of likely N-dealkylation sites (tertiary alicyclic amines) is 1. The van der Waals surface area contributed by atoms with Crippen molar-refractivity contribution in [3.63, 3.8) is 0 Å². The lowest BCUT2D eigenvalue weighted by Gasteiger charge is -2.31. The topological polar surface area (TPSA) is 61.0 Å². The Balaban J connectivity index is 0.00000220. The predicted octanol–water partition coefficient (Wildman–Crippen LogP) is 2.42. The molecule has 0 saturated carbocycles. The molecule has 6 heteroatoms. The van der Waals surface area contributed by atoms with Crippen LogP contribution in [-0.2, 0) is 0 Å². The highest BCUT2D eigenvalue weighted by atomic mass is 35.5. The van der Waals surface area contributed by atoms with E-state index in [2.05, 4.69) is 36.3 Å². The Morgan fingerprint density at radius 3 is 2.67 bits per heavy atom. The molecule has 1 aromatic heterocycles. The molecule has 0 radical (unpaired) electrons. The van der Waals surface area contributed by atoms with E-state index in [4.69, 9.17) is 0 Å². The minimum atomic E-state index is 0. The molecule has 0 aromatic carbocycles. The Morgan fingerprint density at radius 2 is 2.14 bits per heavy atom. The van der Waals surface area contributed by atoms with Gasteiger partial charge in [-0.3, -0.25) is 9.89 Å². The molecule has 1 aromatic rings. The number of nitrogens with one attached hydrogen (secondary N) is 2. The second-order valence-electron chi connectivity index (χ2n) is 5.91. The number of aromatic nitrogens is 2. The molecule has 21 heavy (non-hydrogen) atoms. The smallest absolute Gasteiger partial charge is 0.274 e.